The van der Waals surface area contributed by atoms with Gasteiger partial charge in [-0.3, -0.25) is 0 Å². The SMILES string of the molecule is C#CS(=O)(=O)c1ccc(C)cc1.Cc1ccc(S(=O)(=O)/C=C/n2nnn(C)c2=O)cc1.Cn1nn[nH]c1=O. The molecule has 0 unspecified atom stereocenters. The van der Waals surface area contributed by atoms with E-state index in [0.717, 1.165) is 36.8 Å². The molecule has 0 saturated carbocycles. The topological polar surface area (TPSA) is 185 Å². The van der Waals surface area contributed by atoms with Crippen LogP contribution >= 0.6 is 0 Å². The largest absolute Gasteiger partial charge is 0.367 e. The van der Waals surface area contributed by atoms with E-state index < -0.39 is 25.4 Å². The summed E-state index contributed by atoms with van der Waals surface area (Å²) in [5.41, 5.74) is 1.16. The second kappa shape index (κ2) is 12.6. The average molecular weight is 561 g/mol. The van der Waals surface area contributed by atoms with E-state index in [9.17, 15) is 26.4 Å². The number of hydrogen-bond donors (Lipinski definition) is 1. The van der Waals surface area contributed by atoms with Gasteiger partial charge in [0.1, 0.15) is 0 Å². The van der Waals surface area contributed by atoms with Gasteiger partial charge < -0.3 is 0 Å². The van der Waals surface area contributed by atoms with Gasteiger partial charge in [0, 0.05) is 25.5 Å². The smallest absolute Gasteiger partial charge is 0.245 e. The van der Waals surface area contributed by atoms with Crippen molar-refractivity contribution in [1.82, 2.24) is 40.0 Å². The quantitative estimate of drug-likeness (QED) is 0.264. The summed E-state index contributed by atoms with van der Waals surface area (Å²) in [4.78, 5) is 22.0. The molecule has 0 fully saturated rings. The van der Waals surface area contributed by atoms with Gasteiger partial charge in [0.05, 0.1) is 15.2 Å². The number of aromatic nitrogens is 8. The fourth-order valence-corrected chi connectivity index (χ4v) is 3.97. The monoisotopic (exact) mass is 560 g/mol. The number of benzene rings is 2. The molecule has 0 radical (unpaired) electrons. The van der Waals surface area contributed by atoms with E-state index in [1.54, 1.807) is 29.5 Å². The van der Waals surface area contributed by atoms with Crippen LogP contribution in [0.15, 0.2) is 73.3 Å². The Morgan fingerprint density at radius 3 is 1.71 bits per heavy atom. The first-order chi connectivity index (χ1) is 17.8. The first-order valence-corrected chi connectivity index (χ1v) is 13.5. The summed E-state index contributed by atoms with van der Waals surface area (Å²) >= 11 is 0. The fraction of sp³-hybridized carbons (Fsp3) is 0.182. The number of aromatic amines is 1. The summed E-state index contributed by atoms with van der Waals surface area (Å²) < 4.78 is 49.1. The molecular weight excluding hydrogens is 536 g/mol. The third kappa shape index (κ3) is 8.21. The third-order valence-electron chi connectivity index (χ3n) is 4.58. The van der Waals surface area contributed by atoms with Crippen LogP contribution in [0, 0.1) is 25.5 Å². The Morgan fingerprint density at radius 1 is 0.816 bits per heavy atom. The molecule has 0 aliphatic rings. The second-order valence-corrected chi connectivity index (χ2v) is 11.1. The zero-order chi connectivity index (χ0) is 28.5. The number of nitrogens with one attached hydrogen (secondary N) is 1. The molecule has 2 heterocycles. The minimum absolute atomic E-state index is 0.159. The maximum absolute atomic E-state index is 12.0. The summed E-state index contributed by atoms with van der Waals surface area (Å²) in [7, 11) is -4.14. The summed E-state index contributed by atoms with van der Waals surface area (Å²) in [6.07, 6.45) is 5.91. The van der Waals surface area contributed by atoms with Crippen molar-refractivity contribution in [1.29, 1.82) is 0 Å². The van der Waals surface area contributed by atoms with Crippen molar-refractivity contribution in [3.8, 4) is 11.7 Å². The minimum atomic E-state index is -3.60. The normalized spacial score (nSPS) is 11.1. The van der Waals surface area contributed by atoms with Gasteiger partial charge in [0.15, 0.2) is 0 Å². The molecule has 200 valence electrons. The fourth-order valence-electron chi connectivity index (χ4n) is 2.40. The van der Waals surface area contributed by atoms with Crippen molar-refractivity contribution < 1.29 is 16.8 Å². The number of sulfone groups is 2. The van der Waals surface area contributed by atoms with Gasteiger partial charge in [-0.05, 0) is 59.0 Å². The first kappa shape index (κ1) is 29.6. The van der Waals surface area contributed by atoms with Gasteiger partial charge in [-0.15, -0.1) is 6.42 Å². The highest BCUT2D eigenvalue weighted by Crippen LogP contribution is 2.13. The standard InChI is InChI=1S/C11H12N4O3S.C9H8O2S.C2H4N4O/c1-9-3-5-10(6-4-9)19(17,18)8-7-15-11(16)14(2)12-13-15;1-3-12(10,11)9-6-4-8(2)5-7-9;1-6-2(7)3-4-5-6/h3-8H,1-2H3;1,4-7H,2H3;1H3,(H,3,5,7)/b8-7+;;. The van der Waals surface area contributed by atoms with Gasteiger partial charge in [-0.25, -0.2) is 31.5 Å². The molecule has 0 aliphatic heterocycles. The molecule has 38 heavy (non-hydrogen) atoms. The summed E-state index contributed by atoms with van der Waals surface area (Å²) in [6.45, 7) is 3.75. The second-order valence-electron chi connectivity index (χ2n) is 7.54. The molecule has 0 spiro atoms. The van der Waals surface area contributed by atoms with Crippen molar-refractivity contribution in [3.05, 3.63) is 86.0 Å². The highest BCUT2D eigenvalue weighted by molar-refractivity contribution is 7.96. The van der Waals surface area contributed by atoms with Crippen LogP contribution in [0.5, 0.6) is 0 Å². The molecule has 0 aliphatic carbocycles. The first-order valence-electron chi connectivity index (χ1n) is 10.5. The molecule has 4 aromatic rings. The predicted molar refractivity (Wildman–Crippen MR) is 138 cm³/mol. The number of H-pyrrole nitrogens is 1. The molecule has 14 nitrogen and oxygen atoms in total. The van der Waals surface area contributed by atoms with E-state index in [-0.39, 0.29) is 15.5 Å². The number of terminal acetylenes is 1. The number of hydrogen-bond acceptors (Lipinski definition) is 10. The molecular formula is C22H24N8O6S2. The lowest BCUT2D eigenvalue weighted by Crippen LogP contribution is -2.19. The van der Waals surface area contributed by atoms with Crippen molar-refractivity contribution >= 4 is 25.9 Å². The molecule has 4 rings (SSSR count). The highest BCUT2D eigenvalue weighted by Gasteiger charge is 2.10. The van der Waals surface area contributed by atoms with Gasteiger partial charge >= 0.3 is 11.4 Å². The summed E-state index contributed by atoms with van der Waals surface area (Å²) in [5.74, 6) is 0. The van der Waals surface area contributed by atoms with Crippen LogP contribution in [0.3, 0.4) is 0 Å². The molecule has 1 N–H and O–H groups in total. The number of rotatable bonds is 4. The summed E-state index contributed by atoms with van der Waals surface area (Å²) in [6, 6.07) is 12.9. The van der Waals surface area contributed by atoms with E-state index in [4.69, 9.17) is 6.42 Å². The molecule has 0 bridgehead atoms. The molecule has 0 amide bonds. The third-order valence-corrected chi connectivity index (χ3v) is 7.19. The Kier molecular flexibility index (Phi) is 9.79. The van der Waals surface area contributed by atoms with Gasteiger partial charge in [0.2, 0.25) is 19.7 Å². The Bertz CT molecular complexity index is 1770. The predicted octanol–water partition coefficient (Wildman–Crippen LogP) is 0.0501. The van der Waals surface area contributed by atoms with E-state index in [1.165, 1.54) is 38.4 Å². The Hall–Kier alpha value is -4.62. The van der Waals surface area contributed by atoms with Crippen LogP contribution in [0.2, 0.25) is 0 Å². The molecule has 0 saturated heterocycles. The highest BCUT2D eigenvalue weighted by atomic mass is 32.2. The number of tetrazole rings is 2. The number of aryl methyl sites for hydroxylation is 4. The minimum Gasteiger partial charge on any atom is -0.245 e. The van der Waals surface area contributed by atoms with Crippen LogP contribution in [-0.4, -0.2) is 56.8 Å². The van der Waals surface area contributed by atoms with Crippen LogP contribution < -0.4 is 11.4 Å². The molecule has 2 aromatic carbocycles. The van der Waals surface area contributed by atoms with Crippen molar-refractivity contribution in [2.45, 2.75) is 23.6 Å². The van der Waals surface area contributed by atoms with Crippen LogP contribution in [-0.2, 0) is 33.8 Å². The molecule has 2 aromatic heterocycles. The van der Waals surface area contributed by atoms with Crippen molar-refractivity contribution in [2.75, 3.05) is 0 Å². The number of nitrogens with zero attached hydrogens (tertiary/aromatic N) is 7. The Balaban J connectivity index is 0.000000226. The van der Waals surface area contributed by atoms with E-state index in [2.05, 4.69) is 26.0 Å². The van der Waals surface area contributed by atoms with Gasteiger partial charge in [-0.2, -0.15) is 14.0 Å². The van der Waals surface area contributed by atoms with E-state index >= 15 is 0 Å². The van der Waals surface area contributed by atoms with Crippen molar-refractivity contribution in [2.24, 2.45) is 14.1 Å². The zero-order valence-electron chi connectivity index (χ0n) is 20.7. The van der Waals surface area contributed by atoms with Crippen LogP contribution in [0.25, 0.3) is 6.20 Å². The maximum atomic E-state index is 12.0. The molecule has 16 heteroatoms. The van der Waals surface area contributed by atoms with E-state index in [0.29, 0.717) is 0 Å². The average Bonchev–Trinajstić information content (AvgIpc) is 3.42. The summed E-state index contributed by atoms with van der Waals surface area (Å²) in [5, 5.41) is 18.3. The van der Waals surface area contributed by atoms with E-state index in [1.807, 2.05) is 13.8 Å². The van der Waals surface area contributed by atoms with Gasteiger partial charge in [0.25, 0.3) is 0 Å². The van der Waals surface area contributed by atoms with Crippen LogP contribution in [0.1, 0.15) is 11.1 Å². The van der Waals surface area contributed by atoms with Crippen LogP contribution in [0.4, 0.5) is 0 Å². The Morgan fingerprint density at radius 2 is 1.34 bits per heavy atom. The molecule has 0 atom stereocenters. The van der Waals surface area contributed by atoms with Crippen molar-refractivity contribution in [3.63, 3.8) is 0 Å². The Labute approximate surface area is 218 Å². The van der Waals surface area contributed by atoms with Gasteiger partial charge in [-0.1, -0.05) is 35.4 Å². The zero-order valence-corrected chi connectivity index (χ0v) is 22.4. The lowest BCUT2D eigenvalue weighted by atomic mass is 10.2. The lowest BCUT2D eigenvalue weighted by Gasteiger charge is -1.99. The maximum Gasteiger partial charge on any atom is 0.367 e. The lowest BCUT2D eigenvalue weighted by molar-refractivity contribution is 0.603.